The molecule has 20 heavy (non-hydrogen) atoms. The van der Waals surface area contributed by atoms with Gasteiger partial charge < -0.3 is 0 Å². The predicted molar refractivity (Wildman–Crippen MR) is 66.5 cm³/mol. The van der Waals surface area contributed by atoms with Crippen LogP contribution in [0.25, 0.3) is 0 Å². The molecule has 1 aromatic carbocycles. The van der Waals surface area contributed by atoms with Gasteiger partial charge in [0, 0.05) is 17.3 Å². The van der Waals surface area contributed by atoms with Gasteiger partial charge in [0.05, 0.1) is 11.5 Å². The highest BCUT2D eigenvalue weighted by atomic mass is 35.5. The summed E-state index contributed by atoms with van der Waals surface area (Å²) in [5.74, 6) is -0.967. The molecule has 8 heteroatoms. The minimum Gasteiger partial charge on any atom is -0.293 e. The first kappa shape index (κ1) is 14.6. The number of amides is 3. The second-order valence-electron chi connectivity index (χ2n) is 4.50. The Hall–Kier alpha value is -1.76. The Morgan fingerprint density at radius 2 is 1.95 bits per heavy atom. The SMILES string of the molecule is CC1CN(c2cc(Cl)cc(C(F)(F)F)c2)C(=O)NC1=O. The summed E-state index contributed by atoms with van der Waals surface area (Å²) in [6, 6.07) is 2.09. The van der Waals surface area contributed by atoms with Gasteiger partial charge in [0.25, 0.3) is 0 Å². The molecule has 0 radical (unpaired) electrons. The summed E-state index contributed by atoms with van der Waals surface area (Å²) < 4.78 is 38.2. The monoisotopic (exact) mass is 306 g/mol. The Morgan fingerprint density at radius 3 is 2.55 bits per heavy atom. The fourth-order valence-electron chi connectivity index (χ4n) is 1.85. The number of hydrogen-bond donors (Lipinski definition) is 1. The molecule has 0 bridgehead atoms. The molecule has 1 aliphatic rings. The van der Waals surface area contributed by atoms with Crippen LogP contribution in [0.2, 0.25) is 5.02 Å². The molecule has 0 aromatic heterocycles. The molecule has 4 nitrogen and oxygen atoms in total. The van der Waals surface area contributed by atoms with Crippen LogP contribution < -0.4 is 10.2 Å². The second-order valence-corrected chi connectivity index (χ2v) is 4.94. The molecule has 1 unspecified atom stereocenters. The number of urea groups is 1. The zero-order valence-corrected chi connectivity index (χ0v) is 11.0. The fourth-order valence-corrected chi connectivity index (χ4v) is 2.08. The van der Waals surface area contributed by atoms with Gasteiger partial charge in [0.15, 0.2) is 0 Å². The summed E-state index contributed by atoms with van der Waals surface area (Å²) in [5, 5.41) is 1.95. The van der Waals surface area contributed by atoms with Crippen molar-refractivity contribution >= 4 is 29.2 Å². The van der Waals surface area contributed by atoms with Gasteiger partial charge in [-0.3, -0.25) is 15.0 Å². The largest absolute Gasteiger partial charge is 0.416 e. The van der Waals surface area contributed by atoms with Crippen LogP contribution in [0.15, 0.2) is 18.2 Å². The van der Waals surface area contributed by atoms with Crippen LogP contribution in [0, 0.1) is 5.92 Å². The zero-order valence-electron chi connectivity index (χ0n) is 10.3. The minimum absolute atomic E-state index is 0.00155. The van der Waals surface area contributed by atoms with Gasteiger partial charge in [-0.2, -0.15) is 13.2 Å². The first-order valence-corrected chi connectivity index (χ1v) is 6.06. The predicted octanol–water partition coefficient (Wildman–Crippen LogP) is 3.05. The lowest BCUT2D eigenvalue weighted by atomic mass is 10.1. The number of hydrogen-bond acceptors (Lipinski definition) is 2. The molecule has 1 aliphatic heterocycles. The van der Waals surface area contributed by atoms with Crippen molar-refractivity contribution in [3.05, 3.63) is 28.8 Å². The zero-order chi connectivity index (χ0) is 15.1. The summed E-state index contributed by atoms with van der Waals surface area (Å²) in [7, 11) is 0. The summed E-state index contributed by atoms with van der Waals surface area (Å²) in [5.41, 5.74) is -0.945. The third-order valence-corrected chi connectivity index (χ3v) is 3.12. The van der Waals surface area contributed by atoms with Crippen LogP contribution in [0.5, 0.6) is 0 Å². The van der Waals surface area contributed by atoms with E-state index in [4.69, 9.17) is 11.6 Å². The first-order valence-electron chi connectivity index (χ1n) is 5.68. The van der Waals surface area contributed by atoms with Crippen molar-refractivity contribution in [1.29, 1.82) is 0 Å². The van der Waals surface area contributed by atoms with E-state index in [1.165, 1.54) is 6.07 Å². The molecule has 108 valence electrons. The van der Waals surface area contributed by atoms with Gasteiger partial charge in [0.2, 0.25) is 5.91 Å². The summed E-state index contributed by atoms with van der Waals surface area (Å²) >= 11 is 5.66. The van der Waals surface area contributed by atoms with Crippen LogP contribution >= 0.6 is 11.6 Å². The molecular formula is C12H10ClF3N2O2. The van der Waals surface area contributed by atoms with E-state index in [1.54, 1.807) is 6.92 Å². The number of alkyl halides is 3. The number of benzene rings is 1. The Kier molecular flexibility index (Phi) is 3.64. The third-order valence-electron chi connectivity index (χ3n) is 2.90. The Bertz CT molecular complexity index is 574. The van der Waals surface area contributed by atoms with Crippen molar-refractivity contribution in [1.82, 2.24) is 5.32 Å². The number of carbonyl (C=O) groups excluding carboxylic acids is 2. The summed E-state index contributed by atoms with van der Waals surface area (Å²) in [6.45, 7) is 1.58. The minimum atomic E-state index is -4.56. The van der Waals surface area contributed by atoms with E-state index in [0.29, 0.717) is 0 Å². The van der Waals surface area contributed by atoms with Crippen LogP contribution in [-0.2, 0) is 11.0 Å². The number of imide groups is 1. The van der Waals surface area contributed by atoms with Crippen molar-refractivity contribution in [2.24, 2.45) is 5.92 Å². The molecule has 3 amide bonds. The average Bonchev–Trinajstić information content (AvgIpc) is 2.32. The molecule has 0 spiro atoms. The number of rotatable bonds is 1. The molecule has 1 saturated heterocycles. The van der Waals surface area contributed by atoms with E-state index in [2.05, 4.69) is 5.32 Å². The summed E-state index contributed by atoms with van der Waals surface area (Å²) in [6.07, 6.45) is -4.56. The number of anilines is 1. The van der Waals surface area contributed by atoms with Crippen molar-refractivity contribution in [3.63, 3.8) is 0 Å². The van der Waals surface area contributed by atoms with E-state index >= 15 is 0 Å². The van der Waals surface area contributed by atoms with Crippen molar-refractivity contribution < 1.29 is 22.8 Å². The fraction of sp³-hybridized carbons (Fsp3) is 0.333. The number of nitrogens with zero attached hydrogens (tertiary/aromatic N) is 1. The van der Waals surface area contributed by atoms with E-state index in [9.17, 15) is 22.8 Å². The number of carbonyl (C=O) groups is 2. The molecule has 1 aromatic rings. The molecule has 2 rings (SSSR count). The van der Waals surface area contributed by atoms with E-state index < -0.39 is 29.6 Å². The highest BCUT2D eigenvalue weighted by Gasteiger charge is 2.34. The lowest BCUT2D eigenvalue weighted by Gasteiger charge is -2.30. The van der Waals surface area contributed by atoms with Gasteiger partial charge >= 0.3 is 12.2 Å². The Labute approximate surface area is 117 Å². The van der Waals surface area contributed by atoms with Crippen molar-refractivity contribution in [2.75, 3.05) is 11.4 Å². The van der Waals surface area contributed by atoms with E-state index in [-0.39, 0.29) is 17.3 Å². The van der Waals surface area contributed by atoms with Gasteiger partial charge in [-0.25, -0.2) is 4.79 Å². The van der Waals surface area contributed by atoms with Crippen molar-refractivity contribution in [3.8, 4) is 0 Å². The molecule has 0 saturated carbocycles. The molecular weight excluding hydrogens is 297 g/mol. The highest BCUT2D eigenvalue weighted by molar-refractivity contribution is 6.31. The van der Waals surface area contributed by atoms with E-state index in [1.807, 2.05) is 0 Å². The Morgan fingerprint density at radius 1 is 1.30 bits per heavy atom. The number of nitrogens with one attached hydrogen (secondary N) is 1. The average molecular weight is 307 g/mol. The van der Waals surface area contributed by atoms with Crippen LogP contribution in [0.1, 0.15) is 12.5 Å². The smallest absolute Gasteiger partial charge is 0.293 e. The number of halogens is 4. The van der Waals surface area contributed by atoms with Gasteiger partial charge in [-0.1, -0.05) is 18.5 Å². The van der Waals surface area contributed by atoms with E-state index in [0.717, 1.165) is 17.0 Å². The van der Waals surface area contributed by atoms with Crippen LogP contribution in [-0.4, -0.2) is 18.5 Å². The maximum absolute atomic E-state index is 12.7. The van der Waals surface area contributed by atoms with Gasteiger partial charge in [-0.15, -0.1) is 0 Å². The standard InChI is InChI=1S/C12H10ClF3N2O2/c1-6-5-18(11(20)17-10(6)19)9-3-7(12(14,15)16)2-8(13)4-9/h2-4,6H,5H2,1H3,(H,17,19,20). The lowest BCUT2D eigenvalue weighted by Crippen LogP contribution is -2.54. The molecule has 1 N–H and O–H groups in total. The van der Waals surface area contributed by atoms with Crippen molar-refractivity contribution in [2.45, 2.75) is 13.1 Å². The Balaban J connectivity index is 2.40. The third kappa shape index (κ3) is 2.87. The molecule has 1 fully saturated rings. The topological polar surface area (TPSA) is 49.4 Å². The maximum atomic E-state index is 12.7. The van der Waals surface area contributed by atoms with Crippen LogP contribution in [0.4, 0.5) is 23.7 Å². The first-order chi connectivity index (χ1) is 9.18. The maximum Gasteiger partial charge on any atom is 0.416 e. The quantitative estimate of drug-likeness (QED) is 0.867. The second kappa shape index (κ2) is 4.97. The summed E-state index contributed by atoms with van der Waals surface area (Å²) in [4.78, 5) is 24.1. The molecule has 0 aliphatic carbocycles. The van der Waals surface area contributed by atoms with Gasteiger partial charge in [-0.05, 0) is 18.2 Å². The molecule has 1 heterocycles. The highest BCUT2D eigenvalue weighted by Crippen LogP contribution is 2.34. The normalized spacial score (nSPS) is 20.1. The van der Waals surface area contributed by atoms with Gasteiger partial charge in [0.1, 0.15) is 0 Å². The van der Waals surface area contributed by atoms with Crippen LogP contribution in [0.3, 0.4) is 0 Å². The molecule has 1 atom stereocenters. The lowest BCUT2D eigenvalue weighted by molar-refractivity contribution is -0.137.